The number of rotatable bonds is 4. The average Bonchev–Trinajstić information content (AvgIpc) is 3.19. The largest absolute Gasteiger partial charge is 0.475 e. The van der Waals surface area contributed by atoms with Gasteiger partial charge in [0.2, 0.25) is 5.88 Å². The summed E-state index contributed by atoms with van der Waals surface area (Å²) in [5.41, 5.74) is -1.45. The van der Waals surface area contributed by atoms with Crippen LogP contribution < -0.4 is 4.74 Å². The molecule has 0 aromatic carbocycles. The number of piperidine rings is 1. The molecule has 3 fully saturated rings. The normalized spacial score (nSPS) is 30.4. The summed E-state index contributed by atoms with van der Waals surface area (Å²) in [4.78, 5) is 14.5. The summed E-state index contributed by atoms with van der Waals surface area (Å²) in [6.07, 6.45) is 2.03. The van der Waals surface area contributed by atoms with Gasteiger partial charge in [0.25, 0.3) is 0 Å². The monoisotopic (exact) mass is 473 g/mol. The minimum Gasteiger partial charge on any atom is -0.475 e. The first kappa shape index (κ1) is 24.2. The molecule has 4 rings (SSSR count). The quantitative estimate of drug-likeness (QED) is 0.611. The van der Waals surface area contributed by atoms with Crippen LogP contribution in [0.25, 0.3) is 0 Å². The summed E-state index contributed by atoms with van der Waals surface area (Å²) >= 11 is 0. The molecular weight excluding hydrogens is 439 g/mol. The van der Waals surface area contributed by atoms with Crippen LogP contribution in [0.4, 0.5) is 18.0 Å². The highest BCUT2D eigenvalue weighted by atomic mass is 19.4. The van der Waals surface area contributed by atoms with E-state index in [-0.39, 0.29) is 42.4 Å². The maximum Gasteiger partial charge on any atom is 0.435 e. The second kappa shape index (κ2) is 9.00. The lowest BCUT2D eigenvalue weighted by molar-refractivity contribution is -0.141. The fourth-order valence-corrected chi connectivity index (χ4v) is 5.28. The molecule has 2 saturated heterocycles. The minimum absolute atomic E-state index is 0.111. The minimum atomic E-state index is -4.48. The van der Waals surface area contributed by atoms with E-state index in [0.717, 1.165) is 62.1 Å². The number of carbonyl (C=O) groups excluding carboxylic acids is 1. The maximum absolute atomic E-state index is 12.9. The van der Waals surface area contributed by atoms with E-state index in [4.69, 9.17) is 14.2 Å². The van der Waals surface area contributed by atoms with E-state index >= 15 is 0 Å². The van der Waals surface area contributed by atoms with Gasteiger partial charge in [0.05, 0.1) is 12.2 Å². The molecule has 1 aromatic heterocycles. The number of halogens is 3. The smallest absolute Gasteiger partial charge is 0.435 e. The van der Waals surface area contributed by atoms with E-state index in [1.165, 1.54) is 7.05 Å². The molecule has 0 N–H and O–H groups in total. The zero-order valence-corrected chi connectivity index (χ0v) is 19.7. The summed E-state index contributed by atoms with van der Waals surface area (Å²) in [6, 6.07) is 1.28. The predicted octanol–water partition coefficient (Wildman–Crippen LogP) is 5.08. The Kier molecular flexibility index (Phi) is 6.59. The molecule has 1 aromatic rings. The standard InChI is InChI=1S/C23H34F3N3O4/c1-22(2,3)33-21(30)29-14-5-6-15(29)12-18(11-14)31-16-7-9-17(10-8-16)32-20-13-19(23(24,25)26)27-28(20)4/h13-18H,5-12H2,1-4H3/t14-,15+,16?,17?,18?. The van der Waals surface area contributed by atoms with Crippen molar-refractivity contribution in [3.8, 4) is 5.88 Å². The molecule has 1 amide bonds. The molecule has 1 unspecified atom stereocenters. The summed E-state index contributed by atoms with van der Waals surface area (Å²) in [6.45, 7) is 5.64. The van der Waals surface area contributed by atoms with Gasteiger partial charge in [-0.3, -0.25) is 0 Å². The van der Waals surface area contributed by atoms with Gasteiger partial charge in [-0.05, 0) is 72.1 Å². The van der Waals surface area contributed by atoms with Crippen molar-refractivity contribution in [2.75, 3.05) is 0 Å². The van der Waals surface area contributed by atoms with Gasteiger partial charge < -0.3 is 19.1 Å². The zero-order chi connectivity index (χ0) is 24.0. The van der Waals surface area contributed by atoms with E-state index in [0.29, 0.717) is 0 Å². The van der Waals surface area contributed by atoms with Crippen LogP contribution in [0.5, 0.6) is 5.88 Å². The van der Waals surface area contributed by atoms with Crippen molar-refractivity contribution < 1.29 is 32.2 Å². The van der Waals surface area contributed by atoms with E-state index in [9.17, 15) is 18.0 Å². The Hall–Kier alpha value is -1.97. The number of alkyl halides is 3. The van der Waals surface area contributed by atoms with Gasteiger partial charge >= 0.3 is 12.3 Å². The molecule has 0 radical (unpaired) electrons. The van der Waals surface area contributed by atoms with Gasteiger partial charge in [-0.1, -0.05) is 0 Å². The Bertz CT molecular complexity index is 829. The van der Waals surface area contributed by atoms with E-state index < -0.39 is 17.5 Å². The van der Waals surface area contributed by atoms with Crippen LogP contribution in [-0.4, -0.2) is 56.8 Å². The van der Waals surface area contributed by atoms with Crippen molar-refractivity contribution in [2.24, 2.45) is 7.05 Å². The fraction of sp³-hybridized carbons (Fsp3) is 0.826. The first-order valence-corrected chi connectivity index (χ1v) is 11.8. The number of hydrogen-bond acceptors (Lipinski definition) is 5. The Morgan fingerprint density at radius 3 is 2.06 bits per heavy atom. The lowest BCUT2D eigenvalue weighted by Gasteiger charge is -2.41. The zero-order valence-electron chi connectivity index (χ0n) is 19.7. The summed E-state index contributed by atoms with van der Waals surface area (Å²) in [7, 11) is 1.46. The lowest BCUT2D eigenvalue weighted by Crippen LogP contribution is -2.50. The highest BCUT2D eigenvalue weighted by molar-refractivity contribution is 5.69. The van der Waals surface area contributed by atoms with Crippen molar-refractivity contribution in [1.82, 2.24) is 14.7 Å². The lowest BCUT2D eigenvalue weighted by atomic mass is 9.93. The molecule has 7 nitrogen and oxygen atoms in total. The summed E-state index contributed by atoms with van der Waals surface area (Å²) < 4.78 is 57.5. The van der Waals surface area contributed by atoms with Gasteiger partial charge in [0, 0.05) is 25.2 Å². The van der Waals surface area contributed by atoms with Gasteiger partial charge in [-0.25, -0.2) is 9.48 Å². The SMILES string of the molecule is Cn1nc(C(F)(F)F)cc1OC1CCC(OC2C[C@H]3CC[C@@H](C2)N3C(=O)OC(C)(C)C)CC1. The highest BCUT2D eigenvalue weighted by Crippen LogP contribution is 2.39. The molecular formula is C23H34F3N3O4. The van der Waals surface area contributed by atoms with E-state index in [1.54, 1.807) is 0 Å². The van der Waals surface area contributed by atoms with Crippen LogP contribution in [0.15, 0.2) is 6.07 Å². The van der Waals surface area contributed by atoms with Crippen molar-refractivity contribution in [2.45, 2.75) is 114 Å². The van der Waals surface area contributed by atoms with Gasteiger partial charge in [0.1, 0.15) is 11.7 Å². The van der Waals surface area contributed by atoms with Crippen LogP contribution in [0, 0.1) is 0 Å². The van der Waals surface area contributed by atoms with E-state index in [1.807, 2.05) is 25.7 Å². The third-order valence-electron chi connectivity index (χ3n) is 6.72. The molecule has 1 aliphatic carbocycles. The molecule has 3 heterocycles. The first-order valence-electron chi connectivity index (χ1n) is 11.8. The van der Waals surface area contributed by atoms with Gasteiger partial charge in [-0.2, -0.15) is 18.3 Å². The van der Waals surface area contributed by atoms with E-state index in [2.05, 4.69) is 5.10 Å². The maximum atomic E-state index is 12.9. The van der Waals surface area contributed by atoms with Crippen molar-refractivity contribution in [3.05, 3.63) is 11.8 Å². The third-order valence-corrected chi connectivity index (χ3v) is 6.72. The topological polar surface area (TPSA) is 65.8 Å². The summed E-state index contributed by atoms with van der Waals surface area (Å²) in [5.74, 6) is 0.137. The molecule has 2 bridgehead atoms. The Morgan fingerprint density at radius 2 is 1.55 bits per heavy atom. The Labute approximate surface area is 192 Å². The number of ether oxygens (including phenoxy) is 3. The molecule has 1 saturated carbocycles. The van der Waals surface area contributed by atoms with Crippen LogP contribution in [0.2, 0.25) is 0 Å². The van der Waals surface area contributed by atoms with Crippen LogP contribution >= 0.6 is 0 Å². The number of nitrogens with zero attached hydrogens (tertiary/aromatic N) is 3. The molecule has 3 atom stereocenters. The Balaban J connectivity index is 1.24. The Morgan fingerprint density at radius 1 is 0.970 bits per heavy atom. The van der Waals surface area contributed by atoms with Crippen molar-refractivity contribution in [3.63, 3.8) is 0 Å². The molecule has 10 heteroatoms. The van der Waals surface area contributed by atoms with Gasteiger partial charge in [0.15, 0.2) is 5.69 Å². The van der Waals surface area contributed by atoms with Crippen molar-refractivity contribution in [1.29, 1.82) is 0 Å². The molecule has 2 aliphatic heterocycles. The van der Waals surface area contributed by atoms with Crippen LogP contribution in [0.1, 0.15) is 77.8 Å². The highest BCUT2D eigenvalue weighted by Gasteiger charge is 2.46. The van der Waals surface area contributed by atoms with Crippen LogP contribution in [0.3, 0.4) is 0 Å². The molecule has 186 valence electrons. The average molecular weight is 474 g/mol. The molecule has 3 aliphatic rings. The number of hydrogen-bond donors (Lipinski definition) is 0. The number of amides is 1. The number of aromatic nitrogens is 2. The number of fused-ring (bicyclic) bond motifs is 2. The van der Waals surface area contributed by atoms with Gasteiger partial charge in [-0.15, -0.1) is 0 Å². The van der Waals surface area contributed by atoms with Crippen LogP contribution in [-0.2, 0) is 22.7 Å². The predicted molar refractivity (Wildman–Crippen MR) is 114 cm³/mol. The number of aryl methyl sites for hydroxylation is 1. The molecule has 0 spiro atoms. The number of carbonyl (C=O) groups is 1. The fourth-order valence-electron chi connectivity index (χ4n) is 5.28. The van der Waals surface area contributed by atoms with Crippen molar-refractivity contribution >= 4 is 6.09 Å². The summed E-state index contributed by atoms with van der Waals surface area (Å²) in [5, 5.41) is 3.50. The third kappa shape index (κ3) is 5.75. The second-order valence-electron chi connectivity index (χ2n) is 10.5. The second-order valence-corrected chi connectivity index (χ2v) is 10.5. The first-order chi connectivity index (χ1) is 15.4. The molecule has 33 heavy (non-hydrogen) atoms.